The van der Waals surface area contributed by atoms with Crippen molar-refractivity contribution in [1.82, 2.24) is 10.4 Å². The van der Waals surface area contributed by atoms with E-state index in [-0.39, 0.29) is 11.6 Å². The fraction of sp³-hybridized carbons (Fsp3) is 0.786. The zero-order valence-electron chi connectivity index (χ0n) is 11.3. The standard InChI is InChI=1S/C14H23N3OS/c15-17-13(12-9-19-10-16-12)11-4-7-18-14(8-11)5-2-1-3-6-14/h9-11,13,17H,1-8,15H2. The van der Waals surface area contributed by atoms with E-state index < -0.39 is 0 Å². The van der Waals surface area contributed by atoms with E-state index in [0.29, 0.717) is 5.92 Å². The van der Waals surface area contributed by atoms with Crippen molar-refractivity contribution in [2.45, 2.75) is 56.6 Å². The quantitative estimate of drug-likeness (QED) is 0.660. The molecule has 1 aromatic heterocycles. The van der Waals surface area contributed by atoms with Crippen LogP contribution in [-0.2, 0) is 4.74 Å². The highest BCUT2D eigenvalue weighted by Crippen LogP contribution is 2.43. The number of hydrogen-bond donors (Lipinski definition) is 2. The van der Waals surface area contributed by atoms with Crippen molar-refractivity contribution >= 4 is 11.3 Å². The summed E-state index contributed by atoms with van der Waals surface area (Å²) in [6.07, 6.45) is 8.62. The summed E-state index contributed by atoms with van der Waals surface area (Å²) in [5.41, 5.74) is 6.09. The first kappa shape index (κ1) is 13.5. The lowest BCUT2D eigenvalue weighted by molar-refractivity contribution is -0.122. The number of nitrogens with two attached hydrogens (primary N) is 1. The monoisotopic (exact) mass is 281 g/mol. The first-order chi connectivity index (χ1) is 9.33. The molecule has 1 aliphatic heterocycles. The molecule has 2 unspecified atom stereocenters. The minimum absolute atomic E-state index is 0.131. The van der Waals surface area contributed by atoms with E-state index >= 15 is 0 Å². The van der Waals surface area contributed by atoms with Gasteiger partial charge in [0.15, 0.2) is 0 Å². The highest BCUT2D eigenvalue weighted by molar-refractivity contribution is 7.07. The third-order valence-electron chi connectivity index (χ3n) is 4.72. The summed E-state index contributed by atoms with van der Waals surface area (Å²) in [5.74, 6) is 6.33. The Hall–Kier alpha value is -0.490. The normalized spacial score (nSPS) is 28.4. The van der Waals surface area contributed by atoms with E-state index in [9.17, 15) is 0 Å². The van der Waals surface area contributed by atoms with E-state index in [0.717, 1.165) is 25.1 Å². The molecule has 19 heavy (non-hydrogen) atoms. The Morgan fingerprint density at radius 1 is 1.42 bits per heavy atom. The minimum atomic E-state index is 0.131. The van der Waals surface area contributed by atoms with Gasteiger partial charge in [0, 0.05) is 12.0 Å². The summed E-state index contributed by atoms with van der Waals surface area (Å²) < 4.78 is 6.16. The fourth-order valence-electron chi connectivity index (χ4n) is 3.73. The van der Waals surface area contributed by atoms with E-state index in [2.05, 4.69) is 15.8 Å². The maximum Gasteiger partial charge on any atom is 0.0795 e. The molecule has 2 fully saturated rings. The van der Waals surface area contributed by atoms with Crippen LogP contribution in [0.4, 0.5) is 0 Å². The van der Waals surface area contributed by atoms with Gasteiger partial charge in [-0.15, -0.1) is 11.3 Å². The van der Waals surface area contributed by atoms with Crippen molar-refractivity contribution in [2.75, 3.05) is 6.61 Å². The lowest BCUT2D eigenvalue weighted by Gasteiger charge is -2.45. The van der Waals surface area contributed by atoms with E-state index in [1.807, 2.05) is 5.51 Å². The number of hydrogen-bond acceptors (Lipinski definition) is 5. The second kappa shape index (κ2) is 5.87. The number of hydrazine groups is 1. The second-order valence-corrected chi connectivity index (χ2v) is 6.62. The molecule has 3 rings (SSSR count). The minimum Gasteiger partial charge on any atom is -0.375 e. The van der Waals surface area contributed by atoms with Crippen LogP contribution in [0.5, 0.6) is 0 Å². The molecule has 0 bridgehead atoms. The molecule has 0 radical (unpaired) electrons. The summed E-state index contributed by atoms with van der Waals surface area (Å²) >= 11 is 1.64. The molecule has 2 heterocycles. The summed E-state index contributed by atoms with van der Waals surface area (Å²) in [5, 5.41) is 2.10. The zero-order valence-corrected chi connectivity index (χ0v) is 12.1. The molecule has 4 nitrogen and oxygen atoms in total. The summed E-state index contributed by atoms with van der Waals surface area (Å²) in [7, 11) is 0. The summed E-state index contributed by atoms with van der Waals surface area (Å²) in [6.45, 7) is 0.868. The molecule has 0 amide bonds. The third kappa shape index (κ3) is 2.84. The van der Waals surface area contributed by atoms with Gasteiger partial charge in [-0.1, -0.05) is 19.3 Å². The van der Waals surface area contributed by atoms with Crippen molar-refractivity contribution in [3.63, 3.8) is 0 Å². The molecule has 106 valence electrons. The van der Waals surface area contributed by atoms with Crippen LogP contribution in [0, 0.1) is 5.92 Å². The first-order valence-corrected chi connectivity index (χ1v) is 8.25. The Labute approximate surface area is 118 Å². The van der Waals surface area contributed by atoms with Crippen LogP contribution in [-0.4, -0.2) is 17.2 Å². The zero-order chi connectivity index (χ0) is 13.1. The van der Waals surface area contributed by atoms with Crippen molar-refractivity contribution < 1.29 is 4.74 Å². The Bertz CT molecular complexity index is 384. The highest BCUT2D eigenvalue weighted by atomic mass is 32.1. The van der Waals surface area contributed by atoms with Crippen LogP contribution in [0.1, 0.15) is 56.7 Å². The van der Waals surface area contributed by atoms with Crippen LogP contribution in [0.25, 0.3) is 0 Å². The van der Waals surface area contributed by atoms with Gasteiger partial charge in [-0.2, -0.15) is 0 Å². The molecule has 5 heteroatoms. The summed E-state index contributed by atoms with van der Waals surface area (Å²) in [6, 6.07) is 0.175. The van der Waals surface area contributed by atoms with Crippen LogP contribution in [0.2, 0.25) is 0 Å². The Morgan fingerprint density at radius 2 is 2.26 bits per heavy atom. The van der Waals surface area contributed by atoms with Gasteiger partial charge in [0.05, 0.1) is 22.8 Å². The van der Waals surface area contributed by atoms with Crippen LogP contribution in [0.3, 0.4) is 0 Å². The van der Waals surface area contributed by atoms with E-state index in [1.54, 1.807) is 11.3 Å². The topological polar surface area (TPSA) is 60.2 Å². The SMILES string of the molecule is NNC(c1cscn1)C1CCOC2(CCCCC2)C1. The number of ether oxygens (including phenoxy) is 1. The highest BCUT2D eigenvalue weighted by Gasteiger charge is 2.41. The third-order valence-corrected chi connectivity index (χ3v) is 5.32. The lowest BCUT2D eigenvalue weighted by atomic mass is 9.74. The lowest BCUT2D eigenvalue weighted by Crippen LogP contribution is -2.46. The average molecular weight is 281 g/mol. The number of nitrogens with one attached hydrogen (secondary N) is 1. The van der Waals surface area contributed by atoms with Gasteiger partial charge in [0.1, 0.15) is 0 Å². The smallest absolute Gasteiger partial charge is 0.0795 e. The van der Waals surface area contributed by atoms with Crippen molar-refractivity contribution in [3.05, 3.63) is 16.6 Å². The molecule has 1 saturated heterocycles. The molecule has 1 aliphatic carbocycles. The van der Waals surface area contributed by atoms with Crippen LogP contribution >= 0.6 is 11.3 Å². The largest absolute Gasteiger partial charge is 0.375 e. The maximum atomic E-state index is 6.16. The van der Waals surface area contributed by atoms with Gasteiger partial charge in [0.25, 0.3) is 0 Å². The number of aromatic nitrogens is 1. The van der Waals surface area contributed by atoms with Crippen LogP contribution < -0.4 is 11.3 Å². The second-order valence-electron chi connectivity index (χ2n) is 5.90. The Kier molecular flexibility index (Phi) is 4.17. The van der Waals surface area contributed by atoms with Gasteiger partial charge in [-0.05, 0) is 31.6 Å². The van der Waals surface area contributed by atoms with Gasteiger partial charge in [0.2, 0.25) is 0 Å². The molecular weight excluding hydrogens is 258 g/mol. The number of nitrogens with zero attached hydrogens (tertiary/aromatic N) is 1. The van der Waals surface area contributed by atoms with E-state index in [1.165, 1.54) is 32.1 Å². The Morgan fingerprint density at radius 3 is 2.95 bits per heavy atom. The molecule has 1 saturated carbocycles. The maximum absolute atomic E-state index is 6.16. The fourth-order valence-corrected chi connectivity index (χ4v) is 4.32. The van der Waals surface area contributed by atoms with Crippen molar-refractivity contribution in [3.8, 4) is 0 Å². The van der Waals surface area contributed by atoms with Crippen molar-refractivity contribution in [2.24, 2.45) is 11.8 Å². The van der Waals surface area contributed by atoms with Gasteiger partial charge in [-0.25, -0.2) is 4.98 Å². The van der Waals surface area contributed by atoms with Gasteiger partial charge >= 0.3 is 0 Å². The summed E-state index contributed by atoms with van der Waals surface area (Å²) in [4.78, 5) is 4.43. The number of rotatable bonds is 3. The molecular formula is C14H23N3OS. The van der Waals surface area contributed by atoms with Crippen molar-refractivity contribution in [1.29, 1.82) is 0 Å². The number of thiazole rings is 1. The molecule has 3 N–H and O–H groups in total. The molecule has 1 aromatic rings. The Balaban J connectivity index is 1.73. The average Bonchev–Trinajstić information content (AvgIpc) is 2.95. The predicted molar refractivity (Wildman–Crippen MR) is 76.7 cm³/mol. The van der Waals surface area contributed by atoms with Gasteiger partial charge < -0.3 is 4.74 Å². The predicted octanol–water partition coefficient (Wildman–Crippen LogP) is 2.78. The van der Waals surface area contributed by atoms with Crippen LogP contribution in [0.15, 0.2) is 10.9 Å². The molecule has 0 aromatic carbocycles. The molecule has 1 spiro atoms. The first-order valence-electron chi connectivity index (χ1n) is 7.31. The van der Waals surface area contributed by atoms with Gasteiger partial charge in [-0.3, -0.25) is 11.3 Å². The molecule has 2 aliphatic rings. The van der Waals surface area contributed by atoms with E-state index in [4.69, 9.17) is 10.6 Å². The molecule has 2 atom stereocenters.